The van der Waals surface area contributed by atoms with Gasteiger partial charge >= 0.3 is 0 Å². The van der Waals surface area contributed by atoms with Gasteiger partial charge in [0.05, 0.1) is 0 Å². The molecule has 0 saturated heterocycles. The first-order chi connectivity index (χ1) is 7.56. The molecule has 0 unspecified atom stereocenters. The van der Waals surface area contributed by atoms with Gasteiger partial charge in [0.2, 0.25) is 0 Å². The fraction of sp³-hybridized carbons (Fsp3) is 0.625. The molecule has 0 heteroatoms. The molecule has 0 N–H and O–H groups in total. The van der Waals surface area contributed by atoms with Crippen molar-refractivity contribution in [2.24, 2.45) is 0 Å². The fourth-order valence-corrected chi connectivity index (χ4v) is 2.20. The molecule has 0 nitrogen and oxygen atoms in total. The lowest BCUT2D eigenvalue weighted by molar-refractivity contribution is 0.446. The average molecular weight is 218 g/mol. The van der Waals surface area contributed by atoms with Crippen LogP contribution in [0.15, 0.2) is 24.3 Å². The number of benzene rings is 1. The van der Waals surface area contributed by atoms with E-state index in [0.717, 1.165) is 0 Å². The van der Waals surface area contributed by atoms with Crippen LogP contribution >= 0.6 is 0 Å². The van der Waals surface area contributed by atoms with Crippen LogP contribution in [-0.2, 0) is 5.41 Å². The molecule has 1 rings (SSSR count). The zero-order valence-electron chi connectivity index (χ0n) is 11.3. The molecule has 0 spiro atoms. The second-order valence-electron chi connectivity index (χ2n) is 5.56. The van der Waals surface area contributed by atoms with Gasteiger partial charge in [-0.2, -0.15) is 0 Å². The Balaban J connectivity index is 2.55. The Labute approximate surface area is 101 Å². The maximum absolute atomic E-state index is 2.37. The van der Waals surface area contributed by atoms with Gasteiger partial charge in [-0.1, -0.05) is 76.3 Å². The van der Waals surface area contributed by atoms with Crippen molar-refractivity contribution in [2.45, 2.75) is 65.2 Å². The fourth-order valence-electron chi connectivity index (χ4n) is 2.20. The number of unbranched alkanes of at least 4 members (excludes halogenated alkanes) is 3. The molecular weight excluding hydrogens is 192 g/mol. The maximum Gasteiger partial charge on any atom is -0.0103 e. The van der Waals surface area contributed by atoms with Crippen molar-refractivity contribution in [2.75, 3.05) is 0 Å². The minimum absolute atomic E-state index is 0.333. The van der Waals surface area contributed by atoms with Gasteiger partial charge in [0, 0.05) is 0 Å². The van der Waals surface area contributed by atoms with Crippen LogP contribution in [0.4, 0.5) is 0 Å². The molecular formula is C16H26. The second-order valence-corrected chi connectivity index (χ2v) is 5.56. The highest BCUT2D eigenvalue weighted by Crippen LogP contribution is 2.29. The van der Waals surface area contributed by atoms with E-state index >= 15 is 0 Å². The summed E-state index contributed by atoms with van der Waals surface area (Å²) in [7, 11) is 0. The van der Waals surface area contributed by atoms with Gasteiger partial charge in [-0.25, -0.2) is 0 Å². The molecule has 1 aromatic rings. The minimum atomic E-state index is 0.333. The summed E-state index contributed by atoms with van der Waals surface area (Å²) in [6.07, 6.45) is 6.74. The van der Waals surface area contributed by atoms with Crippen LogP contribution in [0.3, 0.4) is 0 Å². The minimum Gasteiger partial charge on any atom is -0.0654 e. The smallest absolute Gasteiger partial charge is 0.0103 e. The molecule has 1 aromatic carbocycles. The molecule has 90 valence electrons. The largest absolute Gasteiger partial charge is 0.0654 e. The zero-order chi connectivity index (χ0) is 12.0. The Kier molecular flexibility index (Phi) is 5.05. The Bertz CT molecular complexity index is 310. The second kappa shape index (κ2) is 6.08. The molecule has 0 fully saturated rings. The van der Waals surface area contributed by atoms with Gasteiger partial charge in [-0.05, 0) is 24.3 Å². The molecule has 0 aliphatic heterocycles. The van der Waals surface area contributed by atoms with E-state index in [0.29, 0.717) is 5.41 Å². The Morgan fingerprint density at radius 2 is 1.81 bits per heavy atom. The van der Waals surface area contributed by atoms with E-state index < -0.39 is 0 Å². The van der Waals surface area contributed by atoms with Crippen molar-refractivity contribution in [3.05, 3.63) is 35.4 Å². The molecule has 0 bridgehead atoms. The molecule has 0 aromatic heterocycles. The lowest BCUT2D eigenvalue weighted by Crippen LogP contribution is -2.17. The number of hydrogen-bond acceptors (Lipinski definition) is 0. The van der Waals surface area contributed by atoms with Crippen LogP contribution in [-0.4, -0.2) is 0 Å². The van der Waals surface area contributed by atoms with E-state index in [1.807, 2.05) is 0 Å². The van der Waals surface area contributed by atoms with Crippen LogP contribution in [0.1, 0.15) is 64.0 Å². The lowest BCUT2D eigenvalue weighted by atomic mass is 9.79. The van der Waals surface area contributed by atoms with Gasteiger partial charge in [0.25, 0.3) is 0 Å². The van der Waals surface area contributed by atoms with Crippen LogP contribution in [0.2, 0.25) is 0 Å². The lowest BCUT2D eigenvalue weighted by Gasteiger charge is -2.25. The number of aryl methyl sites for hydroxylation is 1. The Hall–Kier alpha value is -0.780. The van der Waals surface area contributed by atoms with Crippen LogP contribution in [0.25, 0.3) is 0 Å². The monoisotopic (exact) mass is 218 g/mol. The van der Waals surface area contributed by atoms with Crippen molar-refractivity contribution in [3.8, 4) is 0 Å². The van der Waals surface area contributed by atoms with E-state index in [-0.39, 0.29) is 0 Å². The third kappa shape index (κ3) is 4.00. The van der Waals surface area contributed by atoms with Gasteiger partial charge in [0.1, 0.15) is 0 Å². The highest BCUT2D eigenvalue weighted by molar-refractivity contribution is 5.28. The maximum atomic E-state index is 2.37. The molecule has 0 heterocycles. The van der Waals surface area contributed by atoms with Crippen molar-refractivity contribution >= 4 is 0 Å². The first-order valence-corrected chi connectivity index (χ1v) is 6.63. The predicted molar refractivity (Wildman–Crippen MR) is 73.0 cm³/mol. The molecule has 0 amide bonds. The summed E-state index contributed by atoms with van der Waals surface area (Å²) in [5, 5.41) is 0. The van der Waals surface area contributed by atoms with Gasteiger partial charge in [0.15, 0.2) is 0 Å². The molecule has 0 atom stereocenters. The summed E-state index contributed by atoms with van der Waals surface area (Å²) in [6, 6.07) is 8.96. The van der Waals surface area contributed by atoms with E-state index in [9.17, 15) is 0 Å². The Morgan fingerprint density at radius 1 is 1.06 bits per heavy atom. The zero-order valence-corrected chi connectivity index (χ0v) is 11.3. The van der Waals surface area contributed by atoms with Crippen molar-refractivity contribution in [1.82, 2.24) is 0 Å². The quantitative estimate of drug-likeness (QED) is 0.573. The highest BCUT2D eigenvalue weighted by Gasteiger charge is 2.19. The first kappa shape index (κ1) is 13.3. The van der Waals surface area contributed by atoms with E-state index in [1.54, 1.807) is 0 Å². The average Bonchev–Trinajstić information content (AvgIpc) is 2.24. The van der Waals surface area contributed by atoms with Gasteiger partial charge in [-0.3, -0.25) is 0 Å². The predicted octanol–water partition coefficient (Wildman–Crippen LogP) is 5.24. The molecule has 0 aliphatic rings. The SMILES string of the molecule is CCCCCCC(C)(C)c1cccc(C)c1. The molecule has 0 saturated carbocycles. The molecule has 16 heavy (non-hydrogen) atoms. The number of rotatable bonds is 6. The highest BCUT2D eigenvalue weighted by atomic mass is 14.2. The van der Waals surface area contributed by atoms with E-state index in [2.05, 4.69) is 52.0 Å². The molecule has 0 radical (unpaired) electrons. The van der Waals surface area contributed by atoms with Crippen LogP contribution in [0.5, 0.6) is 0 Å². The summed E-state index contributed by atoms with van der Waals surface area (Å²) in [5.74, 6) is 0. The van der Waals surface area contributed by atoms with Gasteiger partial charge in [-0.15, -0.1) is 0 Å². The van der Waals surface area contributed by atoms with Crippen molar-refractivity contribution in [3.63, 3.8) is 0 Å². The van der Waals surface area contributed by atoms with Crippen LogP contribution in [0, 0.1) is 6.92 Å². The summed E-state index contributed by atoms with van der Waals surface area (Å²) < 4.78 is 0. The normalized spacial score (nSPS) is 11.8. The van der Waals surface area contributed by atoms with Gasteiger partial charge < -0.3 is 0 Å². The summed E-state index contributed by atoms with van der Waals surface area (Å²) >= 11 is 0. The topological polar surface area (TPSA) is 0 Å². The third-order valence-corrected chi connectivity index (χ3v) is 3.45. The third-order valence-electron chi connectivity index (χ3n) is 3.45. The van der Waals surface area contributed by atoms with Crippen molar-refractivity contribution in [1.29, 1.82) is 0 Å². The summed E-state index contributed by atoms with van der Waals surface area (Å²) in [6.45, 7) is 9.18. The van der Waals surface area contributed by atoms with E-state index in [4.69, 9.17) is 0 Å². The van der Waals surface area contributed by atoms with Crippen LogP contribution < -0.4 is 0 Å². The summed E-state index contributed by atoms with van der Waals surface area (Å²) in [5.41, 5.74) is 3.20. The molecule has 0 aliphatic carbocycles. The summed E-state index contributed by atoms with van der Waals surface area (Å²) in [4.78, 5) is 0. The first-order valence-electron chi connectivity index (χ1n) is 6.63. The Morgan fingerprint density at radius 3 is 2.44 bits per heavy atom. The van der Waals surface area contributed by atoms with E-state index in [1.165, 1.54) is 43.2 Å². The van der Waals surface area contributed by atoms with Crippen molar-refractivity contribution < 1.29 is 0 Å². The standard InChI is InChI=1S/C16H26/c1-5-6-7-8-12-16(3,4)15-11-9-10-14(2)13-15/h9-11,13H,5-8,12H2,1-4H3. The number of hydrogen-bond donors (Lipinski definition) is 0.